The van der Waals surface area contributed by atoms with E-state index in [0.29, 0.717) is 12.4 Å². The number of nitrogens with zero attached hydrogens (tertiary/aromatic N) is 4. The number of pyridine rings is 2. The number of nitrogens with one attached hydrogen (secondary N) is 1. The summed E-state index contributed by atoms with van der Waals surface area (Å²) in [7, 11) is 2.04. The van der Waals surface area contributed by atoms with Crippen molar-refractivity contribution in [2.24, 2.45) is 12.1 Å². The average Bonchev–Trinajstić information content (AvgIpc) is 3.04. The van der Waals surface area contributed by atoms with Gasteiger partial charge in [-0.2, -0.15) is 5.10 Å². The predicted octanol–water partition coefficient (Wildman–Crippen LogP) is 3.18. The van der Waals surface area contributed by atoms with Crippen molar-refractivity contribution in [2.75, 3.05) is 5.43 Å². The van der Waals surface area contributed by atoms with E-state index >= 15 is 0 Å². The number of imidazole rings is 1. The second-order valence-corrected chi connectivity index (χ2v) is 6.09. The molecule has 6 heteroatoms. The van der Waals surface area contributed by atoms with Crippen molar-refractivity contribution in [1.29, 1.82) is 0 Å². The van der Waals surface area contributed by atoms with Crippen LogP contribution in [0.15, 0.2) is 84.4 Å². The first kappa shape index (κ1) is 16.8. The van der Waals surface area contributed by atoms with Crippen molar-refractivity contribution in [2.45, 2.75) is 6.61 Å². The minimum Gasteiger partial charge on any atom is -0.485 e. The van der Waals surface area contributed by atoms with Crippen LogP contribution in [0.1, 0.15) is 11.3 Å². The highest BCUT2D eigenvalue weighted by atomic mass is 16.5. The summed E-state index contributed by atoms with van der Waals surface area (Å²) in [6, 6.07) is 19.6. The number of benzene rings is 1. The van der Waals surface area contributed by atoms with Crippen LogP contribution in [0.3, 0.4) is 0 Å². The molecule has 0 aliphatic rings. The Bertz CT molecular complexity index is 1060. The van der Waals surface area contributed by atoms with Gasteiger partial charge in [0.2, 0.25) is 0 Å². The van der Waals surface area contributed by atoms with Gasteiger partial charge in [-0.05, 0) is 48.0 Å². The molecule has 0 aliphatic carbocycles. The molecule has 0 unspecified atom stereocenters. The molecule has 3 aromatic heterocycles. The lowest BCUT2D eigenvalue weighted by atomic mass is 10.2. The van der Waals surface area contributed by atoms with E-state index in [-0.39, 0.29) is 0 Å². The molecule has 0 spiro atoms. The topological polar surface area (TPSA) is 55.5 Å². The number of aromatic nitrogens is 3. The van der Waals surface area contributed by atoms with Crippen LogP contribution in [0.2, 0.25) is 0 Å². The van der Waals surface area contributed by atoms with Crippen LogP contribution in [0.5, 0.6) is 5.75 Å². The second kappa shape index (κ2) is 7.70. The number of hydrazone groups is 1. The zero-order valence-corrected chi connectivity index (χ0v) is 15.0. The monoisotopic (exact) mass is 358 g/mol. The van der Waals surface area contributed by atoms with E-state index in [1.54, 1.807) is 12.4 Å². The molecule has 0 bridgehead atoms. The van der Waals surface area contributed by atoms with Crippen molar-refractivity contribution in [3.05, 3.63) is 90.5 Å². The Labute approximate surface area is 157 Å². The molecule has 0 aliphatic heterocycles. The Morgan fingerprint density at radius 3 is 2.74 bits per heavy atom. The summed E-state index contributed by atoms with van der Waals surface area (Å²) >= 11 is 0. The van der Waals surface area contributed by atoms with Gasteiger partial charge >= 0.3 is 0 Å². The smallest absolute Gasteiger partial charge is 0.286 e. The zero-order valence-electron chi connectivity index (χ0n) is 15.0. The Hall–Kier alpha value is -3.67. The molecule has 0 saturated heterocycles. The molecule has 27 heavy (non-hydrogen) atoms. The number of anilines is 1. The van der Waals surface area contributed by atoms with Crippen LogP contribution in [0.25, 0.3) is 5.65 Å². The third kappa shape index (κ3) is 3.95. The van der Waals surface area contributed by atoms with Crippen LogP contribution in [0, 0.1) is 0 Å². The largest absolute Gasteiger partial charge is 0.485 e. The van der Waals surface area contributed by atoms with Gasteiger partial charge in [-0.25, -0.2) is 14.0 Å². The van der Waals surface area contributed by atoms with Gasteiger partial charge in [0, 0.05) is 12.3 Å². The number of ether oxygens (including phenoxy) is 1. The van der Waals surface area contributed by atoms with Gasteiger partial charge < -0.3 is 4.74 Å². The van der Waals surface area contributed by atoms with Gasteiger partial charge in [-0.15, -0.1) is 0 Å². The summed E-state index contributed by atoms with van der Waals surface area (Å²) in [5.41, 5.74) is 6.10. The Morgan fingerprint density at radius 1 is 1.11 bits per heavy atom. The van der Waals surface area contributed by atoms with Crippen molar-refractivity contribution in [3.63, 3.8) is 0 Å². The molecule has 1 aromatic carbocycles. The van der Waals surface area contributed by atoms with Crippen LogP contribution in [-0.2, 0) is 13.7 Å². The highest BCUT2D eigenvalue weighted by molar-refractivity contribution is 5.80. The van der Waals surface area contributed by atoms with E-state index in [4.69, 9.17) is 4.74 Å². The minimum atomic E-state index is 0.507. The number of aryl methyl sites for hydroxylation is 1. The van der Waals surface area contributed by atoms with Gasteiger partial charge in [0.15, 0.2) is 12.3 Å². The lowest BCUT2D eigenvalue weighted by Gasteiger charge is -2.04. The highest BCUT2D eigenvalue weighted by Gasteiger charge is 2.13. The molecule has 0 atom stereocenters. The summed E-state index contributed by atoms with van der Waals surface area (Å²) in [4.78, 5) is 4.15. The second-order valence-electron chi connectivity index (χ2n) is 6.09. The van der Waals surface area contributed by atoms with E-state index in [1.165, 1.54) is 0 Å². The van der Waals surface area contributed by atoms with Crippen LogP contribution >= 0.6 is 0 Å². The predicted molar refractivity (Wildman–Crippen MR) is 105 cm³/mol. The third-order valence-corrected chi connectivity index (χ3v) is 4.25. The summed E-state index contributed by atoms with van der Waals surface area (Å²) in [6.07, 6.45) is 7.59. The Morgan fingerprint density at radius 2 is 1.96 bits per heavy atom. The first-order valence-corrected chi connectivity index (χ1v) is 8.67. The maximum absolute atomic E-state index is 5.93. The molecule has 0 saturated carbocycles. The van der Waals surface area contributed by atoms with Gasteiger partial charge in [0.25, 0.3) is 5.65 Å². The summed E-state index contributed by atoms with van der Waals surface area (Å²) < 4.78 is 10.1. The summed E-state index contributed by atoms with van der Waals surface area (Å²) in [6.45, 7) is 0.507. The molecule has 0 fully saturated rings. The van der Waals surface area contributed by atoms with Crippen LogP contribution in [-0.4, -0.2) is 15.8 Å². The number of hydrogen-bond donors (Lipinski definition) is 1. The van der Waals surface area contributed by atoms with E-state index in [0.717, 1.165) is 22.7 Å². The molecule has 3 heterocycles. The average molecular weight is 358 g/mol. The highest BCUT2D eigenvalue weighted by Crippen LogP contribution is 2.14. The quantitative estimate of drug-likeness (QED) is 0.327. The normalized spacial score (nSPS) is 11.1. The maximum atomic E-state index is 5.93. The van der Waals surface area contributed by atoms with Crippen molar-refractivity contribution in [3.8, 4) is 5.75 Å². The molecule has 134 valence electrons. The molecule has 4 aromatic rings. The van der Waals surface area contributed by atoms with E-state index in [2.05, 4.69) is 36.7 Å². The van der Waals surface area contributed by atoms with Gasteiger partial charge in [-0.3, -0.25) is 5.43 Å². The molecular weight excluding hydrogens is 338 g/mol. The van der Waals surface area contributed by atoms with Crippen molar-refractivity contribution in [1.82, 2.24) is 9.55 Å². The third-order valence-electron chi connectivity index (χ3n) is 4.25. The summed E-state index contributed by atoms with van der Waals surface area (Å²) in [5, 5.41) is 4.19. The number of hydrogen-bond acceptors (Lipinski definition) is 4. The fraction of sp³-hybridized carbons (Fsp3) is 0.0952. The lowest BCUT2D eigenvalue weighted by molar-refractivity contribution is -0.511. The SMILES string of the molecule is Cn1c(COc2ccc(/C=N/Nc3ccccn3)cc2)c[n+]2ccccc12. The van der Waals surface area contributed by atoms with Crippen molar-refractivity contribution < 1.29 is 9.14 Å². The van der Waals surface area contributed by atoms with E-state index in [1.807, 2.05) is 67.8 Å². The Kier molecular flexibility index (Phi) is 4.78. The van der Waals surface area contributed by atoms with E-state index < -0.39 is 0 Å². The molecule has 1 N–H and O–H groups in total. The van der Waals surface area contributed by atoms with E-state index in [9.17, 15) is 0 Å². The first-order valence-electron chi connectivity index (χ1n) is 8.67. The molecule has 0 radical (unpaired) electrons. The van der Waals surface area contributed by atoms with Gasteiger partial charge in [0.05, 0.1) is 19.5 Å². The summed E-state index contributed by atoms with van der Waals surface area (Å²) in [5.74, 6) is 1.53. The maximum Gasteiger partial charge on any atom is 0.286 e. The standard InChI is InChI=1S/C21H20N5O/c1-25-18(15-26-13-5-3-7-21(25)26)16-27-19-10-8-17(9-11-19)14-23-24-20-6-2-4-12-22-20/h2-15H,16H2,1H3,(H,22,24)/q+1/b23-14+. The zero-order chi connectivity index (χ0) is 18.5. The fourth-order valence-corrected chi connectivity index (χ4v) is 2.78. The van der Waals surface area contributed by atoms with Crippen LogP contribution in [0.4, 0.5) is 5.82 Å². The fourth-order valence-electron chi connectivity index (χ4n) is 2.78. The molecular formula is C21H20N5O+. The first-order chi connectivity index (χ1) is 13.3. The van der Waals surface area contributed by atoms with Gasteiger partial charge in [-0.1, -0.05) is 12.1 Å². The van der Waals surface area contributed by atoms with Crippen molar-refractivity contribution >= 4 is 17.7 Å². The Balaban J connectivity index is 1.37. The van der Waals surface area contributed by atoms with Crippen LogP contribution < -0.4 is 14.6 Å². The number of rotatable bonds is 6. The van der Waals surface area contributed by atoms with Gasteiger partial charge in [0.1, 0.15) is 17.8 Å². The molecule has 6 nitrogen and oxygen atoms in total. The molecule has 4 rings (SSSR count). The minimum absolute atomic E-state index is 0.507. The lowest BCUT2D eigenvalue weighted by Crippen LogP contribution is -2.17. The molecule has 0 amide bonds. The number of fused-ring (bicyclic) bond motifs is 1.